The van der Waals surface area contributed by atoms with Crippen LogP contribution in [0.3, 0.4) is 0 Å². The van der Waals surface area contributed by atoms with Crippen molar-refractivity contribution in [2.45, 2.75) is 0 Å². The van der Waals surface area contributed by atoms with Crippen molar-refractivity contribution in [2.24, 2.45) is 0 Å². The first-order valence-electron chi connectivity index (χ1n) is 3.42. The van der Waals surface area contributed by atoms with Gasteiger partial charge in [0.1, 0.15) is 0 Å². The molecule has 0 heterocycles. The normalized spacial score (nSPS) is 9.71. The second-order valence-corrected chi connectivity index (χ2v) is 2.45. The first-order chi connectivity index (χ1) is 6.43. The third kappa shape index (κ3) is 1.58. The van der Waals surface area contributed by atoms with Crippen molar-refractivity contribution in [3.63, 3.8) is 0 Å². The van der Waals surface area contributed by atoms with Crippen LogP contribution in [-0.4, -0.2) is 22.2 Å². The summed E-state index contributed by atoms with van der Waals surface area (Å²) < 4.78 is 0. The number of hydrogen-bond acceptors (Lipinski definition) is 4. The average molecular weight is 196 g/mol. The molecule has 0 aliphatic carbocycles. The van der Waals surface area contributed by atoms with Gasteiger partial charge in [-0.15, -0.1) is 0 Å². The van der Waals surface area contributed by atoms with Crippen LogP contribution in [0.4, 0.5) is 0 Å². The summed E-state index contributed by atoms with van der Waals surface area (Å²) in [6.07, 6.45) is 0. The predicted molar refractivity (Wildman–Crippen MR) is 39.3 cm³/mol. The molecule has 6 heteroatoms. The van der Waals surface area contributed by atoms with Crippen LogP contribution in [0.1, 0.15) is 20.7 Å². The third-order valence-corrected chi connectivity index (χ3v) is 1.54. The fourth-order valence-electron chi connectivity index (χ4n) is 0.894. The summed E-state index contributed by atoms with van der Waals surface area (Å²) in [6.45, 7) is 0. The Kier molecular flexibility index (Phi) is 2.29. The topological polar surface area (TPSA) is 121 Å². The number of rotatable bonds is 2. The standard InChI is InChI=1S/C8H6O6/c9-5-1-3(7(11)12)6(10)2-4(5)8(13)14/h1-2,9-10H,(H,11,12)(H,13,14)/p-2. The molecule has 1 aromatic carbocycles. The lowest BCUT2D eigenvalue weighted by atomic mass is 10.1. The maximum Gasteiger partial charge on any atom is 0.335 e. The smallest absolute Gasteiger partial charge is 0.335 e. The highest BCUT2D eigenvalue weighted by atomic mass is 16.4. The van der Waals surface area contributed by atoms with E-state index >= 15 is 0 Å². The Morgan fingerprint density at radius 3 is 1.43 bits per heavy atom. The highest BCUT2D eigenvalue weighted by Crippen LogP contribution is 2.23. The lowest BCUT2D eigenvalue weighted by Gasteiger charge is -2.17. The molecule has 1 rings (SSSR count). The molecule has 0 atom stereocenters. The van der Waals surface area contributed by atoms with E-state index in [0.29, 0.717) is 12.1 Å². The van der Waals surface area contributed by atoms with Gasteiger partial charge in [-0.2, -0.15) is 0 Å². The predicted octanol–water partition coefficient (Wildman–Crippen LogP) is -0.770. The Morgan fingerprint density at radius 2 is 1.21 bits per heavy atom. The lowest BCUT2D eigenvalue weighted by Crippen LogP contribution is -2.10. The van der Waals surface area contributed by atoms with Gasteiger partial charge in [-0.1, -0.05) is 23.6 Å². The van der Waals surface area contributed by atoms with E-state index in [2.05, 4.69) is 0 Å². The molecule has 1 aromatic rings. The molecule has 0 saturated heterocycles. The molecule has 0 aliphatic rings. The summed E-state index contributed by atoms with van der Waals surface area (Å²) in [5.41, 5.74) is -1.44. The summed E-state index contributed by atoms with van der Waals surface area (Å²) in [6, 6.07) is 1.02. The molecule has 6 nitrogen and oxygen atoms in total. The van der Waals surface area contributed by atoms with Gasteiger partial charge in [-0.25, -0.2) is 9.59 Å². The molecule has 0 aliphatic heterocycles. The maximum absolute atomic E-state index is 11.0. The molecule has 0 aromatic heterocycles. The largest absolute Gasteiger partial charge is 0.872 e. The van der Waals surface area contributed by atoms with Crippen LogP contribution >= 0.6 is 0 Å². The fraction of sp³-hybridized carbons (Fsp3) is 0. The van der Waals surface area contributed by atoms with E-state index < -0.39 is 34.6 Å². The van der Waals surface area contributed by atoms with Crippen molar-refractivity contribution < 1.29 is 30.0 Å². The van der Waals surface area contributed by atoms with Gasteiger partial charge in [0.15, 0.2) is 0 Å². The minimum absolute atomic E-state index is 0.508. The number of carbonyl (C=O) groups is 2. The fourth-order valence-corrected chi connectivity index (χ4v) is 0.894. The Bertz CT molecular complexity index is 369. The van der Waals surface area contributed by atoms with Crippen LogP contribution in [0.25, 0.3) is 0 Å². The van der Waals surface area contributed by atoms with E-state index in [1.165, 1.54) is 0 Å². The van der Waals surface area contributed by atoms with Crippen LogP contribution in [0.5, 0.6) is 11.5 Å². The van der Waals surface area contributed by atoms with Crippen molar-refractivity contribution in [3.8, 4) is 11.5 Å². The highest BCUT2D eigenvalue weighted by molar-refractivity contribution is 5.96. The molecule has 14 heavy (non-hydrogen) atoms. The quantitative estimate of drug-likeness (QED) is 0.640. The number of hydrogen-bond donors (Lipinski definition) is 2. The summed E-state index contributed by atoms with van der Waals surface area (Å²) in [7, 11) is 0. The second-order valence-electron chi connectivity index (χ2n) is 2.45. The Morgan fingerprint density at radius 1 is 0.929 bits per heavy atom. The van der Waals surface area contributed by atoms with Gasteiger partial charge in [0.2, 0.25) is 0 Å². The minimum atomic E-state index is -1.55. The average Bonchev–Trinajstić information content (AvgIpc) is 2.07. The summed E-state index contributed by atoms with van der Waals surface area (Å²) in [4.78, 5) is 20.7. The van der Waals surface area contributed by atoms with Crippen molar-refractivity contribution in [1.82, 2.24) is 0 Å². The van der Waals surface area contributed by atoms with Gasteiger partial charge in [0, 0.05) is 0 Å². The molecule has 0 saturated carbocycles. The van der Waals surface area contributed by atoms with E-state index in [-0.39, 0.29) is 0 Å². The van der Waals surface area contributed by atoms with Crippen LogP contribution < -0.4 is 10.2 Å². The van der Waals surface area contributed by atoms with E-state index in [1.54, 1.807) is 0 Å². The zero-order valence-electron chi connectivity index (χ0n) is 6.68. The monoisotopic (exact) mass is 196 g/mol. The van der Waals surface area contributed by atoms with Gasteiger partial charge in [0.05, 0.1) is 11.1 Å². The van der Waals surface area contributed by atoms with Gasteiger partial charge in [-0.05, 0) is 0 Å². The molecule has 0 bridgehead atoms. The molecule has 0 amide bonds. The van der Waals surface area contributed by atoms with Crippen molar-refractivity contribution in [3.05, 3.63) is 23.3 Å². The molecule has 0 radical (unpaired) electrons. The summed E-state index contributed by atoms with van der Waals surface area (Å²) in [5, 5.41) is 38.8. The van der Waals surface area contributed by atoms with Gasteiger partial charge >= 0.3 is 11.9 Å². The summed E-state index contributed by atoms with van der Waals surface area (Å²) in [5.74, 6) is -5.09. The number of carboxylic acid groups (broad SMARTS) is 2. The minimum Gasteiger partial charge on any atom is -0.872 e. The molecule has 0 spiro atoms. The molecule has 2 N–H and O–H groups in total. The number of carboxylic acids is 2. The van der Waals surface area contributed by atoms with Crippen molar-refractivity contribution >= 4 is 11.9 Å². The molecular weight excluding hydrogens is 192 g/mol. The molecular formula is C8H4O6-2. The molecule has 0 fully saturated rings. The Labute approximate surface area is 77.7 Å². The van der Waals surface area contributed by atoms with E-state index in [9.17, 15) is 19.8 Å². The second kappa shape index (κ2) is 3.25. The number of benzene rings is 1. The van der Waals surface area contributed by atoms with E-state index in [0.717, 1.165) is 0 Å². The zero-order chi connectivity index (χ0) is 10.9. The van der Waals surface area contributed by atoms with Gasteiger partial charge in [0.25, 0.3) is 0 Å². The van der Waals surface area contributed by atoms with Crippen LogP contribution in [-0.2, 0) is 0 Å². The van der Waals surface area contributed by atoms with Crippen LogP contribution in [0.2, 0.25) is 0 Å². The SMILES string of the molecule is O=C(O)c1cc([O-])c(C(=O)O)cc1[O-]. The van der Waals surface area contributed by atoms with Gasteiger partial charge in [-0.3, -0.25) is 0 Å². The molecule has 74 valence electrons. The van der Waals surface area contributed by atoms with E-state index in [4.69, 9.17) is 10.2 Å². The first kappa shape index (κ1) is 9.85. The van der Waals surface area contributed by atoms with Crippen molar-refractivity contribution in [2.75, 3.05) is 0 Å². The lowest BCUT2D eigenvalue weighted by molar-refractivity contribution is -0.275. The Balaban J connectivity index is 3.38. The van der Waals surface area contributed by atoms with Crippen LogP contribution in [0, 0.1) is 0 Å². The van der Waals surface area contributed by atoms with E-state index in [1.807, 2.05) is 0 Å². The van der Waals surface area contributed by atoms with Crippen LogP contribution in [0.15, 0.2) is 12.1 Å². The highest BCUT2D eigenvalue weighted by Gasteiger charge is 2.09. The number of aromatic carboxylic acids is 2. The van der Waals surface area contributed by atoms with Crippen molar-refractivity contribution in [1.29, 1.82) is 0 Å². The van der Waals surface area contributed by atoms with Gasteiger partial charge < -0.3 is 20.4 Å². The summed E-state index contributed by atoms with van der Waals surface area (Å²) >= 11 is 0. The Hall–Kier alpha value is -2.24. The zero-order valence-corrected chi connectivity index (χ0v) is 6.68. The maximum atomic E-state index is 11.0. The third-order valence-electron chi connectivity index (χ3n) is 1.54. The first-order valence-corrected chi connectivity index (χ1v) is 3.42. The molecule has 0 unspecified atom stereocenters.